The number of piperidine rings is 1. The van der Waals surface area contributed by atoms with Gasteiger partial charge in [-0.15, -0.1) is 0 Å². The van der Waals surface area contributed by atoms with Gasteiger partial charge in [-0.2, -0.15) is 0 Å². The Labute approximate surface area is 141 Å². The Bertz CT molecular complexity index is 737. The molecule has 0 radical (unpaired) electrons. The number of H-pyrrole nitrogens is 1. The summed E-state index contributed by atoms with van der Waals surface area (Å²) >= 11 is 0. The average Bonchev–Trinajstić information content (AvgIpc) is 2.56. The van der Waals surface area contributed by atoms with Crippen molar-refractivity contribution in [3.05, 3.63) is 34.2 Å². The molecule has 0 atom stereocenters. The summed E-state index contributed by atoms with van der Waals surface area (Å²) in [5.41, 5.74) is -0.242. The van der Waals surface area contributed by atoms with E-state index in [9.17, 15) is 18.0 Å². The predicted molar refractivity (Wildman–Crippen MR) is 90.8 cm³/mol. The summed E-state index contributed by atoms with van der Waals surface area (Å²) in [5, 5.41) is 2.93. The molecule has 1 amide bonds. The first kappa shape index (κ1) is 17.2. The van der Waals surface area contributed by atoms with E-state index in [1.807, 2.05) is 0 Å². The van der Waals surface area contributed by atoms with Crippen molar-refractivity contribution in [2.75, 3.05) is 24.6 Å². The average molecular weight is 353 g/mol. The minimum atomic E-state index is -2.83. The Hall–Kier alpha value is -1.67. The quantitative estimate of drug-likeness (QED) is 0.806. The molecule has 2 aliphatic heterocycles. The second kappa shape index (κ2) is 7.06. The molecule has 0 aromatic carbocycles. The molecule has 1 aromatic rings. The van der Waals surface area contributed by atoms with E-state index in [1.165, 1.54) is 12.3 Å². The van der Waals surface area contributed by atoms with Gasteiger partial charge in [0, 0.05) is 31.4 Å². The highest BCUT2D eigenvalue weighted by Crippen LogP contribution is 2.22. The number of rotatable bonds is 3. The number of aromatic amines is 1. The number of carbonyl (C=O) groups excluding carboxylic acids is 1. The molecule has 3 rings (SSSR count). The highest BCUT2D eigenvalue weighted by molar-refractivity contribution is 7.91. The van der Waals surface area contributed by atoms with Gasteiger partial charge in [0.1, 0.15) is 15.4 Å². The molecule has 0 unspecified atom stereocenters. The molecule has 2 fully saturated rings. The summed E-state index contributed by atoms with van der Waals surface area (Å²) in [6.45, 7) is 1.70. The van der Waals surface area contributed by atoms with E-state index in [1.54, 1.807) is 6.07 Å². The van der Waals surface area contributed by atoms with Gasteiger partial charge < -0.3 is 15.2 Å². The Morgan fingerprint density at radius 3 is 2.46 bits per heavy atom. The van der Waals surface area contributed by atoms with E-state index in [-0.39, 0.29) is 34.6 Å². The number of nitrogens with zero attached hydrogens (tertiary/aromatic N) is 1. The van der Waals surface area contributed by atoms with Crippen molar-refractivity contribution < 1.29 is 13.2 Å². The molecule has 2 aliphatic rings. The molecule has 0 bridgehead atoms. The van der Waals surface area contributed by atoms with Gasteiger partial charge in [0.25, 0.3) is 11.5 Å². The molecule has 132 valence electrons. The molecule has 0 spiro atoms. The highest BCUT2D eigenvalue weighted by atomic mass is 32.2. The van der Waals surface area contributed by atoms with Crippen molar-refractivity contribution in [3.8, 4) is 0 Å². The molecule has 8 heteroatoms. The standard InChI is InChI=1S/C16H23N3O4S/c20-15-14(2-1-7-17-15)16(21)18-12-3-8-19(9-4-12)13-5-10-24(22,23)11-6-13/h1-2,7,12-13H,3-6,8-11H2,(H,17,20)(H,18,21). The summed E-state index contributed by atoms with van der Waals surface area (Å²) in [5.74, 6) is 0.232. The second-order valence-electron chi connectivity index (χ2n) is 6.58. The zero-order valence-electron chi connectivity index (χ0n) is 13.5. The van der Waals surface area contributed by atoms with Crippen LogP contribution in [0.15, 0.2) is 23.1 Å². The molecular weight excluding hydrogens is 330 g/mol. The smallest absolute Gasteiger partial charge is 0.260 e. The third kappa shape index (κ3) is 4.05. The number of amides is 1. The maximum atomic E-state index is 12.2. The molecule has 2 N–H and O–H groups in total. The predicted octanol–water partition coefficient (Wildman–Crippen LogP) is 0.146. The van der Waals surface area contributed by atoms with Crippen molar-refractivity contribution in [3.63, 3.8) is 0 Å². The Balaban J connectivity index is 1.50. The fourth-order valence-electron chi connectivity index (χ4n) is 3.52. The van der Waals surface area contributed by atoms with Crippen molar-refractivity contribution in [1.29, 1.82) is 0 Å². The van der Waals surface area contributed by atoms with Gasteiger partial charge in [0.2, 0.25) is 0 Å². The molecule has 1 aromatic heterocycles. The molecular formula is C16H23N3O4S. The van der Waals surface area contributed by atoms with Crippen LogP contribution in [0.25, 0.3) is 0 Å². The maximum Gasteiger partial charge on any atom is 0.260 e. The lowest BCUT2D eigenvalue weighted by Gasteiger charge is -2.39. The number of aromatic nitrogens is 1. The third-order valence-corrected chi connectivity index (χ3v) is 6.68. The first-order valence-electron chi connectivity index (χ1n) is 8.38. The van der Waals surface area contributed by atoms with Crippen molar-refractivity contribution in [2.24, 2.45) is 0 Å². The summed E-state index contributed by atoms with van der Waals surface area (Å²) in [4.78, 5) is 28.7. The highest BCUT2D eigenvalue weighted by Gasteiger charge is 2.31. The topological polar surface area (TPSA) is 99.3 Å². The Kier molecular flexibility index (Phi) is 5.05. The molecule has 24 heavy (non-hydrogen) atoms. The maximum absolute atomic E-state index is 12.2. The monoisotopic (exact) mass is 353 g/mol. The number of pyridine rings is 1. The first-order chi connectivity index (χ1) is 11.4. The van der Waals surface area contributed by atoms with E-state index in [4.69, 9.17) is 0 Å². The van der Waals surface area contributed by atoms with Crippen LogP contribution in [-0.4, -0.2) is 60.9 Å². The normalized spacial score (nSPS) is 23.0. The fourth-order valence-corrected chi connectivity index (χ4v) is 4.98. The van der Waals surface area contributed by atoms with Crippen molar-refractivity contribution in [1.82, 2.24) is 15.2 Å². The summed E-state index contributed by atoms with van der Waals surface area (Å²) in [6, 6.07) is 3.55. The van der Waals surface area contributed by atoms with Gasteiger partial charge >= 0.3 is 0 Å². The van der Waals surface area contributed by atoms with Crippen LogP contribution in [0.5, 0.6) is 0 Å². The van der Waals surface area contributed by atoms with Gasteiger partial charge in [-0.3, -0.25) is 9.59 Å². The minimum absolute atomic E-state index is 0.0562. The van der Waals surface area contributed by atoms with Crippen LogP contribution < -0.4 is 10.9 Å². The summed E-state index contributed by atoms with van der Waals surface area (Å²) < 4.78 is 23.0. The van der Waals surface area contributed by atoms with Gasteiger partial charge in [-0.1, -0.05) is 0 Å². The molecule has 3 heterocycles. The lowest BCUT2D eigenvalue weighted by atomic mass is 10.0. The number of nitrogens with one attached hydrogen (secondary N) is 2. The number of hydrogen-bond donors (Lipinski definition) is 2. The summed E-state index contributed by atoms with van der Waals surface area (Å²) in [6.07, 6.45) is 4.55. The van der Waals surface area contributed by atoms with E-state index < -0.39 is 9.84 Å². The van der Waals surface area contributed by atoms with Gasteiger partial charge in [0.15, 0.2) is 0 Å². The van der Waals surface area contributed by atoms with Crippen LogP contribution in [-0.2, 0) is 9.84 Å². The van der Waals surface area contributed by atoms with Crippen LogP contribution in [0.1, 0.15) is 36.0 Å². The Morgan fingerprint density at radius 1 is 1.17 bits per heavy atom. The van der Waals surface area contributed by atoms with Crippen LogP contribution in [0.4, 0.5) is 0 Å². The molecule has 7 nitrogen and oxygen atoms in total. The second-order valence-corrected chi connectivity index (χ2v) is 8.88. The zero-order chi connectivity index (χ0) is 17.2. The van der Waals surface area contributed by atoms with Gasteiger partial charge in [0.05, 0.1) is 11.5 Å². The van der Waals surface area contributed by atoms with Crippen LogP contribution in [0.3, 0.4) is 0 Å². The van der Waals surface area contributed by atoms with E-state index in [0.717, 1.165) is 25.9 Å². The third-order valence-electron chi connectivity index (χ3n) is 4.97. The van der Waals surface area contributed by atoms with Gasteiger partial charge in [-0.25, -0.2) is 8.42 Å². The molecule has 0 aliphatic carbocycles. The number of carbonyl (C=O) groups is 1. The van der Waals surface area contributed by atoms with E-state index in [2.05, 4.69) is 15.2 Å². The number of likely N-dealkylation sites (tertiary alicyclic amines) is 1. The largest absolute Gasteiger partial charge is 0.349 e. The van der Waals surface area contributed by atoms with Crippen LogP contribution >= 0.6 is 0 Å². The lowest BCUT2D eigenvalue weighted by Crippen LogP contribution is -2.50. The van der Waals surface area contributed by atoms with Crippen molar-refractivity contribution >= 4 is 15.7 Å². The zero-order valence-corrected chi connectivity index (χ0v) is 14.3. The van der Waals surface area contributed by atoms with Crippen LogP contribution in [0.2, 0.25) is 0 Å². The van der Waals surface area contributed by atoms with E-state index in [0.29, 0.717) is 18.9 Å². The van der Waals surface area contributed by atoms with Gasteiger partial charge in [-0.05, 0) is 37.8 Å². The number of hydrogen-bond acceptors (Lipinski definition) is 5. The SMILES string of the molecule is O=C(NC1CCN(C2CCS(=O)(=O)CC2)CC1)c1ccc[nH]c1=O. The van der Waals surface area contributed by atoms with Crippen LogP contribution in [0, 0.1) is 0 Å². The molecule has 2 saturated heterocycles. The number of sulfone groups is 1. The molecule has 0 saturated carbocycles. The van der Waals surface area contributed by atoms with E-state index >= 15 is 0 Å². The fraction of sp³-hybridized carbons (Fsp3) is 0.625. The lowest BCUT2D eigenvalue weighted by molar-refractivity contribution is 0.0884. The summed E-state index contributed by atoms with van der Waals surface area (Å²) in [7, 11) is -2.83. The van der Waals surface area contributed by atoms with Crippen molar-refractivity contribution in [2.45, 2.75) is 37.8 Å². The Morgan fingerprint density at radius 2 is 1.83 bits per heavy atom. The minimum Gasteiger partial charge on any atom is -0.349 e. The first-order valence-corrected chi connectivity index (χ1v) is 10.2.